The van der Waals surface area contributed by atoms with Crippen LogP contribution in [0.15, 0.2) is 28.7 Å². The van der Waals surface area contributed by atoms with Gasteiger partial charge in [0.25, 0.3) is 0 Å². The lowest BCUT2D eigenvalue weighted by atomic mass is 10.1. The van der Waals surface area contributed by atoms with E-state index in [-0.39, 0.29) is 0 Å². The zero-order valence-electron chi connectivity index (χ0n) is 8.27. The highest BCUT2D eigenvalue weighted by atomic mass is 16.4. The number of rotatable bonds is 2. The summed E-state index contributed by atoms with van der Waals surface area (Å²) in [6.07, 6.45) is 0.566. The van der Waals surface area contributed by atoms with E-state index in [1.54, 1.807) is 13.0 Å². The van der Waals surface area contributed by atoms with Gasteiger partial charge in [-0.15, -0.1) is 10.2 Å². The van der Waals surface area contributed by atoms with Crippen molar-refractivity contribution in [2.24, 2.45) is 0 Å². The van der Waals surface area contributed by atoms with Crippen molar-refractivity contribution in [2.75, 3.05) is 0 Å². The molecule has 0 aliphatic heterocycles. The van der Waals surface area contributed by atoms with E-state index in [0.29, 0.717) is 23.8 Å². The van der Waals surface area contributed by atoms with Gasteiger partial charge in [-0.2, -0.15) is 5.26 Å². The molecule has 0 saturated carbocycles. The molecule has 0 amide bonds. The van der Waals surface area contributed by atoms with Crippen LogP contribution >= 0.6 is 0 Å². The lowest BCUT2D eigenvalue weighted by Crippen LogP contribution is -1.89. The van der Waals surface area contributed by atoms with Gasteiger partial charge in [0.1, 0.15) is 0 Å². The molecular formula is C11H9N3O. The second kappa shape index (κ2) is 3.93. The van der Waals surface area contributed by atoms with Gasteiger partial charge in [-0.25, -0.2) is 0 Å². The Morgan fingerprint density at radius 2 is 2.27 bits per heavy atom. The lowest BCUT2D eigenvalue weighted by molar-refractivity contribution is 0.477. The van der Waals surface area contributed by atoms with Crippen molar-refractivity contribution in [3.05, 3.63) is 47.2 Å². The minimum absolute atomic E-state index is 0.557. The molecule has 0 spiro atoms. The molecule has 0 atom stereocenters. The summed E-state index contributed by atoms with van der Waals surface area (Å²) >= 11 is 0. The Morgan fingerprint density at radius 3 is 2.93 bits per heavy atom. The van der Waals surface area contributed by atoms with E-state index in [2.05, 4.69) is 16.3 Å². The second-order valence-electron chi connectivity index (χ2n) is 3.20. The minimum atomic E-state index is 0.557. The average Bonchev–Trinajstić information content (AvgIpc) is 2.64. The van der Waals surface area contributed by atoms with Crippen LogP contribution in [0.4, 0.5) is 0 Å². The highest BCUT2D eigenvalue weighted by Gasteiger charge is 2.03. The van der Waals surface area contributed by atoms with Gasteiger partial charge < -0.3 is 4.42 Å². The van der Waals surface area contributed by atoms with Crippen LogP contribution in [0, 0.1) is 18.3 Å². The van der Waals surface area contributed by atoms with Crippen molar-refractivity contribution in [3.8, 4) is 6.07 Å². The Balaban J connectivity index is 2.21. The van der Waals surface area contributed by atoms with Gasteiger partial charge in [0.15, 0.2) is 0 Å². The van der Waals surface area contributed by atoms with E-state index in [1.807, 2.05) is 18.2 Å². The largest absolute Gasteiger partial charge is 0.425 e. The highest BCUT2D eigenvalue weighted by Crippen LogP contribution is 2.09. The molecule has 0 bridgehead atoms. The number of benzene rings is 1. The molecule has 74 valence electrons. The molecule has 0 unspecified atom stereocenters. The maximum Gasteiger partial charge on any atom is 0.220 e. The minimum Gasteiger partial charge on any atom is -0.425 e. The third-order valence-corrected chi connectivity index (χ3v) is 1.98. The first kappa shape index (κ1) is 9.41. The first-order valence-electron chi connectivity index (χ1n) is 4.56. The van der Waals surface area contributed by atoms with Gasteiger partial charge in [0.2, 0.25) is 11.8 Å². The van der Waals surface area contributed by atoms with E-state index in [9.17, 15) is 0 Å². The molecule has 0 fully saturated rings. The predicted molar refractivity (Wildman–Crippen MR) is 53.0 cm³/mol. The Labute approximate surface area is 87.2 Å². The van der Waals surface area contributed by atoms with Crippen molar-refractivity contribution in [2.45, 2.75) is 13.3 Å². The number of aryl methyl sites for hydroxylation is 1. The molecule has 0 aliphatic carbocycles. The number of aromatic nitrogens is 2. The molecule has 0 radical (unpaired) electrons. The second-order valence-corrected chi connectivity index (χ2v) is 3.20. The summed E-state index contributed by atoms with van der Waals surface area (Å²) < 4.78 is 5.26. The van der Waals surface area contributed by atoms with Gasteiger partial charge in [0, 0.05) is 6.92 Å². The van der Waals surface area contributed by atoms with Crippen LogP contribution in [0.5, 0.6) is 0 Å². The van der Waals surface area contributed by atoms with Crippen LogP contribution in [0.1, 0.15) is 22.9 Å². The monoisotopic (exact) mass is 199 g/mol. The van der Waals surface area contributed by atoms with Crippen molar-refractivity contribution >= 4 is 0 Å². The van der Waals surface area contributed by atoms with Gasteiger partial charge in [-0.3, -0.25) is 0 Å². The van der Waals surface area contributed by atoms with E-state index in [4.69, 9.17) is 9.68 Å². The maximum absolute atomic E-state index is 8.73. The number of hydrogen-bond acceptors (Lipinski definition) is 4. The summed E-state index contributed by atoms with van der Waals surface area (Å²) in [5.74, 6) is 1.13. The molecule has 4 heteroatoms. The molecule has 1 aromatic carbocycles. The van der Waals surface area contributed by atoms with Crippen LogP contribution in [-0.2, 0) is 6.42 Å². The Hall–Kier alpha value is -2.15. The van der Waals surface area contributed by atoms with Crippen LogP contribution in [-0.4, -0.2) is 10.2 Å². The van der Waals surface area contributed by atoms with Crippen molar-refractivity contribution in [3.63, 3.8) is 0 Å². The van der Waals surface area contributed by atoms with Crippen molar-refractivity contribution in [1.82, 2.24) is 10.2 Å². The third kappa shape index (κ3) is 2.20. The molecule has 4 nitrogen and oxygen atoms in total. The molecule has 0 N–H and O–H groups in total. The summed E-state index contributed by atoms with van der Waals surface area (Å²) in [5.41, 5.74) is 1.64. The molecule has 15 heavy (non-hydrogen) atoms. The summed E-state index contributed by atoms with van der Waals surface area (Å²) in [6.45, 7) is 1.75. The summed E-state index contributed by atoms with van der Waals surface area (Å²) in [7, 11) is 0. The molecule has 1 aromatic heterocycles. The Bertz CT molecular complexity index is 511. The Morgan fingerprint density at radius 1 is 1.40 bits per heavy atom. The van der Waals surface area contributed by atoms with E-state index < -0.39 is 0 Å². The summed E-state index contributed by atoms with van der Waals surface area (Å²) in [4.78, 5) is 0. The van der Waals surface area contributed by atoms with Crippen LogP contribution < -0.4 is 0 Å². The van der Waals surface area contributed by atoms with E-state index in [0.717, 1.165) is 5.56 Å². The Kier molecular flexibility index (Phi) is 2.46. The molecule has 1 heterocycles. The molecule has 2 rings (SSSR count). The normalized spacial score (nSPS) is 9.87. The average molecular weight is 199 g/mol. The smallest absolute Gasteiger partial charge is 0.220 e. The SMILES string of the molecule is Cc1nnc(Cc2cccc(C#N)c2)o1. The van der Waals surface area contributed by atoms with Gasteiger partial charge in [0.05, 0.1) is 18.1 Å². The highest BCUT2D eigenvalue weighted by molar-refractivity contribution is 5.33. The number of hydrogen-bond donors (Lipinski definition) is 0. The van der Waals surface area contributed by atoms with Gasteiger partial charge >= 0.3 is 0 Å². The first-order chi connectivity index (χ1) is 7.28. The zero-order chi connectivity index (χ0) is 10.7. The van der Waals surface area contributed by atoms with Crippen molar-refractivity contribution < 1.29 is 4.42 Å². The van der Waals surface area contributed by atoms with Crippen LogP contribution in [0.25, 0.3) is 0 Å². The summed E-state index contributed by atoms with van der Waals surface area (Å²) in [5, 5.41) is 16.4. The molecule has 0 saturated heterocycles. The van der Waals surface area contributed by atoms with Gasteiger partial charge in [-0.05, 0) is 17.7 Å². The standard InChI is InChI=1S/C11H9N3O/c1-8-13-14-11(15-8)6-9-3-2-4-10(5-9)7-12/h2-5H,6H2,1H3. The molecule has 2 aromatic rings. The van der Waals surface area contributed by atoms with Crippen LogP contribution in [0.3, 0.4) is 0 Å². The topological polar surface area (TPSA) is 62.7 Å². The quantitative estimate of drug-likeness (QED) is 0.740. The van der Waals surface area contributed by atoms with Crippen molar-refractivity contribution in [1.29, 1.82) is 5.26 Å². The molecule has 0 aliphatic rings. The fourth-order valence-corrected chi connectivity index (χ4v) is 1.33. The fourth-order valence-electron chi connectivity index (χ4n) is 1.33. The van der Waals surface area contributed by atoms with Gasteiger partial charge in [-0.1, -0.05) is 12.1 Å². The van der Waals surface area contributed by atoms with Crippen LogP contribution in [0.2, 0.25) is 0 Å². The lowest BCUT2D eigenvalue weighted by Gasteiger charge is -1.96. The third-order valence-electron chi connectivity index (χ3n) is 1.98. The summed E-state index contributed by atoms with van der Waals surface area (Å²) in [6, 6.07) is 9.45. The van der Waals surface area contributed by atoms with E-state index >= 15 is 0 Å². The maximum atomic E-state index is 8.73. The molecular weight excluding hydrogens is 190 g/mol. The number of nitrogens with zero attached hydrogens (tertiary/aromatic N) is 3. The predicted octanol–water partition coefficient (Wildman–Crippen LogP) is 1.84. The number of nitriles is 1. The van der Waals surface area contributed by atoms with E-state index in [1.165, 1.54) is 0 Å². The fraction of sp³-hybridized carbons (Fsp3) is 0.182. The zero-order valence-corrected chi connectivity index (χ0v) is 8.27. The first-order valence-corrected chi connectivity index (χ1v) is 4.56.